The fourth-order valence-electron chi connectivity index (χ4n) is 3.61. The van der Waals surface area contributed by atoms with E-state index in [2.05, 4.69) is 25.6 Å². The first-order valence-corrected chi connectivity index (χ1v) is 9.67. The number of likely N-dealkylation sites (tertiary alicyclic amines) is 1. The maximum atomic E-state index is 12.3. The Morgan fingerprint density at radius 2 is 2.04 bits per heavy atom. The molecule has 144 valence electrons. The van der Waals surface area contributed by atoms with Gasteiger partial charge in [-0.2, -0.15) is 0 Å². The second kappa shape index (κ2) is 7.13. The van der Waals surface area contributed by atoms with E-state index in [1.54, 1.807) is 4.57 Å². The fraction of sp³-hybridized carbons (Fsp3) is 0.611. The van der Waals surface area contributed by atoms with Crippen LogP contribution in [0, 0.1) is 5.92 Å². The third-order valence-electron chi connectivity index (χ3n) is 5.16. The molecule has 1 saturated carbocycles. The first-order chi connectivity index (χ1) is 13.1. The van der Waals surface area contributed by atoms with Crippen LogP contribution in [-0.2, 0) is 11.3 Å². The van der Waals surface area contributed by atoms with Gasteiger partial charge in [-0.15, -0.1) is 0 Å². The molecule has 0 bridgehead atoms. The van der Waals surface area contributed by atoms with Gasteiger partial charge in [-0.3, -0.25) is 9.59 Å². The molecule has 27 heavy (non-hydrogen) atoms. The lowest BCUT2D eigenvalue weighted by Gasteiger charge is -2.17. The molecule has 0 aromatic carbocycles. The first-order valence-electron chi connectivity index (χ1n) is 9.67. The Labute approximate surface area is 157 Å². The minimum atomic E-state index is -0.217. The van der Waals surface area contributed by atoms with Crippen molar-refractivity contribution in [2.24, 2.45) is 5.92 Å². The third-order valence-corrected chi connectivity index (χ3v) is 5.16. The van der Waals surface area contributed by atoms with Crippen LogP contribution < -0.4 is 10.6 Å². The summed E-state index contributed by atoms with van der Waals surface area (Å²) in [5, 5.41) is 6.20. The van der Waals surface area contributed by atoms with Crippen LogP contribution in [0.2, 0.25) is 0 Å². The van der Waals surface area contributed by atoms with Crippen LogP contribution in [0.5, 0.6) is 0 Å². The molecule has 9 heteroatoms. The minimum absolute atomic E-state index is 0.130. The molecule has 4 rings (SSSR count). The number of anilines is 1. The molecular weight excluding hydrogens is 346 g/mol. The highest BCUT2D eigenvalue weighted by molar-refractivity contribution is 5.96. The van der Waals surface area contributed by atoms with Crippen molar-refractivity contribution < 1.29 is 9.59 Å². The number of rotatable bonds is 6. The average molecular weight is 371 g/mol. The number of aryl methyl sites for hydroxylation is 1. The molecule has 1 saturated heterocycles. The topological polar surface area (TPSA) is 105 Å². The zero-order valence-corrected chi connectivity index (χ0v) is 15.7. The molecular formula is C18H25N7O2. The molecule has 9 nitrogen and oxygen atoms in total. The summed E-state index contributed by atoms with van der Waals surface area (Å²) in [6.45, 7) is 6.41. The van der Waals surface area contributed by atoms with Crippen LogP contribution in [0.1, 0.15) is 43.7 Å². The number of nitrogens with one attached hydrogen (secondary N) is 2. The van der Waals surface area contributed by atoms with E-state index in [-0.39, 0.29) is 23.8 Å². The van der Waals surface area contributed by atoms with Gasteiger partial charge in [-0.25, -0.2) is 15.0 Å². The Hall–Kier alpha value is -2.71. The van der Waals surface area contributed by atoms with E-state index >= 15 is 0 Å². The lowest BCUT2D eigenvalue weighted by atomic mass is 10.2. The number of nitrogens with zero attached hydrogens (tertiary/aromatic N) is 5. The normalized spacial score (nSPS) is 19.5. The summed E-state index contributed by atoms with van der Waals surface area (Å²) < 4.78 is 1.80. The molecule has 2 fully saturated rings. The number of amides is 2. The van der Waals surface area contributed by atoms with E-state index in [1.165, 1.54) is 6.33 Å². The monoisotopic (exact) mass is 371 g/mol. The highest BCUT2D eigenvalue weighted by Gasteiger charge is 2.36. The molecule has 2 amide bonds. The van der Waals surface area contributed by atoms with E-state index in [4.69, 9.17) is 0 Å². The zero-order chi connectivity index (χ0) is 19.0. The van der Waals surface area contributed by atoms with E-state index in [0.29, 0.717) is 42.4 Å². The van der Waals surface area contributed by atoms with E-state index < -0.39 is 0 Å². The lowest BCUT2D eigenvalue weighted by molar-refractivity contribution is -0.131. The number of hydrogen-bond donors (Lipinski definition) is 2. The van der Waals surface area contributed by atoms with Crippen molar-refractivity contribution in [3.8, 4) is 0 Å². The third kappa shape index (κ3) is 3.33. The van der Waals surface area contributed by atoms with Crippen LogP contribution >= 0.6 is 0 Å². The van der Waals surface area contributed by atoms with E-state index in [0.717, 1.165) is 25.8 Å². The quantitative estimate of drug-likeness (QED) is 0.785. The predicted octanol–water partition coefficient (Wildman–Crippen LogP) is 1.02. The molecule has 0 spiro atoms. The van der Waals surface area contributed by atoms with Gasteiger partial charge in [0.15, 0.2) is 17.0 Å². The molecule has 2 aliphatic rings. The molecule has 2 aromatic heterocycles. The Morgan fingerprint density at radius 3 is 2.74 bits per heavy atom. The van der Waals surface area contributed by atoms with Crippen molar-refractivity contribution in [3.63, 3.8) is 0 Å². The van der Waals surface area contributed by atoms with Gasteiger partial charge in [0.2, 0.25) is 11.7 Å². The van der Waals surface area contributed by atoms with Crippen molar-refractivity contribution in [1.29, 1.82) is 0 Å². The van der Waals surface area contributed by atoms with Crippen molar-refractivity contribution in [1.82, 2.24) is 29.7 Å². The van der Waals surface area contributed by atoms with Gasteiger partial charge < -0.3 is 20.1 Å². The summed E-state index contributed by atoms with van der Waals surface area (Å²) in [6, 6.07) is 0.130. The smallest absolute Gasteiger partial charge is 0.287 e. The van der Waals surface area contributed by atoms with Crippen molar-refractivity contribution >= 4 is 28.8 Å². The zero-order valence-electron chi connectivity index (χ0n) is 15.7. The summed E-state index contributed by atoms with van der Waals surface area (Å²) in [5.41, 5.74) is 1.23. The van der Waals surface area contributed by atoms with Crippen LogP contribution in [0.3, 0.4) is 0 Å². The summed E-state index contributed by atoms with van der Waals surface area (Å²) in [4.78, 5) is 39.7. The highest BCUT2D eigenvalue weighted by atomic mass is 16.2. The largest absolute Gasteiger partial charge is 0.364 e. The van der Waals surface area contributed by atoms with Crippen molar-refractivity contribution in [3.05, 3.63) is 12.2 Å². The molecule has 1 aliphatic heterocycles. The number of imidazole rings is 1. The van der Waals surface area contributed by atoms with Crippen LogP contribution in [0.4, 0.5) is 5.82 Å². The first kappa shape index (κ1) is 17.7. The maximum Gasteiger partial charge on any atom is 0.287 e. The van der Waals surface area contributed by atoms with Gasteiger partial charge in [-0.05, 0) is 33.1 Å². The second-order valence-electron chi connectivity index (χ2n) is 7.12. The van der Waals surface area contributed by atoms with Crippen LogP contribution in [0.25, 0.3) is 11.2 Å². The average Bonchev–Trinajstić information content (AvgIpc) is 3.29. The molecule has 0 radical (unpaired) electrons. The summed E-state index contributed by atoms with van der Waals surface area (Å²) >= 11 is 0. The summed E-state index contributed by atoms with van der Waals surface area (Å²) in [6.07, 6.45) is 4.41. The lowest BCUT2D eigenvalue weighted by Crippen LogP contribution is -2.32. The predicted molar refractivity (Wildman–Crippen MR) is 100 cm³/mol. The Balaban J connectivity index is 1.57. The van der Waals surface area contributed by atoms with Gasteiger partial charge in [0.05, 0.1) is 0 Å². The SMILES string of the molecule is CCNC(=O)c1nc2c(NC3CCN(C(=O)C4CC4)C3)ncnc2n1CC. The van der Waals surface area contributed by atoms with Crippen LogP contribution in [-0.4, -0.2) is 61.9 Å². The van der Waals surface area contributed by atoms with Crippen molar-refractivity contribution in [2.45, 2.75) is 45.7 Å². The minimum Gasteiger partial charge on any atom is -0.364 e. The number of fused-ring (bicyclic) bond motifs is 1. The number of carbonyl (C=O) groups is 2. The van der Waals surface area contributed by atoms with Gasteiger partial charge in [0.1, 0.15) is 6.33 Å². The van der Waals surface area contributed by atoms with E-state index in [9.17, 15) is 9.59 Å². The van der Waals surface area contributed by atoms with Crippen LogP contribution in [0.15, 0.2) is 6.33 Å². The molecule has 2 N–H and O–H groups in total. The maximum absolute atomic E-state index is 12.3. The van der Waals surface area contributed by atoms with Crippen molar-refractivity contribution in [2.75, 3.05) is 25.0 Å². The highest BCUT2D eigenvalue weighted by Crippen LogP contribution is 2.32. The number of hydrogen-bond acceptors (Lipinski definition) is 6. The Bertz CT molecular complexity index is 874. The fourth-order valence-corrected chi connectivity index (χ4v) is 3.61. The summed E-state index contributed by atoms with van der Waals surface area (Å²) in [7, 11) is 0. The Kier molecular flexibility index (Phi) is 4.67. The van der Waals surface area contributed by atoms with Gasteiger partial charge in [0.25, 0.3) is 5.91 Å². The molecule has 2 aromatic rings. The summed E-state index contributed by atoms with van der Waals surface area (Å²) in [5.74, 6) is 1.26. The molecule has 1 atom stereocenters. The number of carbonyl (C=O) groups excluding carboxylic acids is 2. The van der Waals surface area contributed by atoms with E-state index in [1.807, 2.05) is 18.7 Å². The Morgan fingerprint density at radius 1 is 1.22 bits per heavy atom. The molecule has 1 aliphatic carbocycles. The molecule has 3 heterocycles. The number of aromatic nitrogens is 4. The second-order valence-corrected chi connectivity index (χ2v) is 7.12. The van der Waals surface area contributed by atoms with Gasteiger partial charge >= 0.3 is 0 Å². The molecule has 1 unspecified atom stereocenters. The standard InChI is InChI=1S/C18H25N7O2/c1-3-19-17(26)16-23-13-14(20-10-21-15(13)25(16)4-2)22-12-7-8-24(9-12)18(27)11-5-6-11/h10-12H,3-9H2,1-2H3,(H,19,26)(H,20,21,22). The van der Waals surface area contributed by atoms with Gasteiger partial charge in [-0.1, -0.05) is 0 Å². The van der Waals surface area contributed by atoms with Gasteiger partial charge in [0, 0.05) is 38.1 Å².